The van der Waals surface area contributed by atoms with Crippen LogP contribution in [0.3, 0.4) is 0 Å². The number of furan rings is 1. The van der Waals surface area contributed by atoms with Crippen LogP contribution in [0.4, 0.5) is 14.9 Å². The lowest BCUT2D eigenvalue weighted by atomic mass is 10.3. The molecule has 0 fully saturated rings. The molecule has 1 aromatic carbocycles. The molecule has 0 atom stereocenters. The summed E-state index contributed by atoms with van der Waals surface area (Å²) < 4.78 is 17.4. The van der Waals surface area contributed by atoms with Gasteiger partial charge < -0.3 is 9.73 Å². The zero-order chi connectivity index (χ0) is 13.0. The number of carbonyl (C=O) groups excluding carboxylic acids is 2. The topological polar surface area (TPSA) is 71.3 Å². The summed E-state index contributed by atoms with van der Waals surface area (Å²) in [5, 5.41) is 4.45. The summed E-state index contributed by atoms with van der Waals surface area (Å²) in [7, 11) is 0. The summed E-state index contributed by atoms with van der Waals surface area (Å²) in [5.41, 5.74) is 0.376. The smallest absolute Gasteiger partial charge is 0.326 e. The Bertz CT molecular complexity index is 549. The zero-order valence-corrected chi connectivity index (χ0v) is 9.14. The molecule has 2 aromatic rings. The van der Waals surface area contributed by atoms with E-state index < -0.39 is 17.8 Å². The average Bonchev–Trinajstić information content (AvgIpc) is 2.85. The fourth-order valence-corrected chi connectivity index (χ4v) is 1.27. The molecule has 92 valence electrons. The zero-order valence-electron chi connectivity index (χ0n) is 9.14. The van der Waals surface area contributed by atoms with Crippen molar-refractivity contribution in [2.75, 3.05) is 5.32 Å². The number of hydrogen-bond donors (Lipinski definition) is 2. The Hall–Kier alpha value is -2.63. The number of imide groups is 1. The number of benzene rings is 1. The largest absolute Gasteiger partial charge is 0.459 e. The number of urea groups is 1. The van der Waals surface area contributed by atoms with Crippen molar-refractivity contribution in [3.63, 3.8) is 0 Å². The number of amides is 3. The molecule has 0 unspecified atom stereocenters. The Morgan fingerprint density at radius 1 is 1.11 bits per heavy atom. The van der Waals surface area contributed by atoms with Crippen LogP contribution in [-0.4, -0.2) is 11.9 Å². The molecular weight excluding hydrogens is 239 g/mol. The van der Waals surface area contributed by atoms with Crippen LogP contribution in [0.2, 0.25) is 0 Å². The van der Waals surface area contributed by atoms with E-state index in [0.29, 0.717) is 5.69 Å². The van der Waals surface area contributed by atoms with Gasteiger partial charge in [0.2, 0.25) is 0 Å². The highest BCUT2D eigenvalue weighted by Gasteiger charge is 2.12. The summed E-state index contributed by atoms with van der Waals surface area (Å²) in [6.45, 7) is 0. The average molecular weight is 248 g/mol. The minimum atomic E-state index is -0.719. The quantitative estimate of drug-likeness (QED) is 0.857. The van der Waals surface area contributed by atoms with Crippen molar-refractivity contribution in [3.05, 3.63) is 54.2 Å². The molecule has 0 radical (unpaired) electrons. The lowest BCUT2D eigenvalue weighted by Crippen LogP contribution is -2.34. The molecular formula is C12H9FN2O3. The lowest BCUT2D eigenvalue weighted by molar-refractivity contribution is 0.0940. The first-order valence-corrected chi connectivity index (χ1v) is 5.06. The maximum absolute atomic E-state index is 12.6. The SMILES string of the molecule is O=C(NC(=O)c1ccco1)Nc1ccc(F)cc1. The van der Waals surface area contributed by atoms with E-state index in [0.717, 1.165) is 0 Å². The predicted octanol–water partition coefficient (Wildman–Crippen LogP) is 2.38. The van der Waals surface area contributed by atoms with Gasteiger partial charge in [0.25, 0.3) is 5.91 Å². The van der Waals surface area contributed by atoms with Gasteiger partial charge in [-0.2, -0.15) is 0 Å². The third kappa shape index (κ3) is 2.94. The molecule has 2 N–H and O–H groups in total. The molecule has 0 spiro atoms. The third-order valence-electron chi connectivity index (χ3n) is 2.07. The van der Waals surface area contributed by atoms with Gasteiger partial charge in [-0.3, -0.25) is 10.1 Å². The Labute approximate surface area is 102 Å². The van der Waals surface area contributed by atoms with Gasteiger partial charge in [-0.15, -0.1) is 0 Å². The number of anilines is 1. The first-order chi connectivity index (χ1) is 8.65. The maximum Gasteiger partial charge on any atom is 0.326 e. The predicted molar refractivity (Wildman–Crippen MR) is 61.6 cm³/mol. The molecule has 0 bridgehead atoms. The van der Waals surface area contributed by atoms with Crippen molar-refractivity contribution < 1.29 is 18.4 Å². The molecule has 6 heteroatoms. The van der Waals surface area contributed by atoms with Crippen molar-refractivity contribution in [1.29, 1.82) is 0 Å². The van der Waals surface area contributed by atoms with Crippen LogP contribution in [0.15, 0.2) is 47.1 Å². The lowest BCUT2D eigenvalue weighted by Gasteiger charge is -2.05. The van der Waals surface area contributed by atoms with Gasteiger partial charge in [-0.25, -0.2) is 9.18 Å². The van der Waals surface area contributed by atoms with Gasteiger partial charge in [-0.1, -0.05) is 0 Å². The Kier molecular flexibility index (Phi) is 3.38. The van der Waals surface area contributed by atoms with Gasteiger partial charge in [0.1, 0.15) is 5.82 Å². The molecule has 0 aliphatic rings. The van der Waals surface area contributed by atoms with E-state index in [1.165, 1.54) is 42.7 Å². The summed E-state index contributed by atoms with van der Waals surface area (Å²) in [5.74, 6) is -1.03. The van der Waals surface area contributed by atoms with Gasteiger partial charge >= 0.3 is 6.03 Å². The minimum Gasteiger partial charge on any atom is -0.459 e. The number of halogens is 1. The fraction of sp³-hybridized carbons (Fsp3) is 0. The second-order valence-corrected chi connectivity index (χ2v) is 3.39. The van der Waals surface area contributed by atoms with E-state index >= 15 is 0 Å². The van der Waals surface area contributed by atoms with E-state index in [-0.39, 0.29) is 5.76 Å². The first-order valence-electron chi connectivity index (χ1n) is 5.06. The van der Waals surface area contributed by atoms with E-state index in [2.05, 4.69) is 10.6 Å². The number of rotatable bonds is 2. The Morgan fingerprint density at radius 3 is 2.44 bits per heavy atom. The number of carbonyl (C=O) groups is 2. The van der Waals surface area contributed by atoms with Crippen LogP contribution < -0.4 is 10.6 Å². The van der Waals surface area contributed by atoms with Crippen LogP contribution in [0, 0.1) is 5.82 Å². The first kappa shape index (κ1) is 11.8. The van der Waals surface area contributed by atoms with E-state index in [4.69, 9.17) is 4.42 Å². The summed E-state index contributed by atoms with van der Waals surface area (Å²) in [4.78, 5) is 22.9. The summed E-state index contributed by atoms with van der Waals surface area (Å²) in [6, 6.07) is 7.41. The molecule has 0 saturated heterocycles. The highest BCUT2D eigenvalue weighted by molar-refractivity contribution is 6.06. The van der Waals surface area contributed by atoms with Gasteiger partial charge in [0.15, 0.2) is 5.76 Å². The van der Waals surface area contributed by atoms with Gasteiger partial charge in [0, 0.05) is 5.69 Å². The van der Waals surface area contributed by atoms with Crippen LogP contribution in [0.25, 0.3) is 0 Å². The van der Waals surface area contributed by atoms with Crippen molar-refractivity contribution in [1.82, 2.24) is 5.32 Å². The third-order valence-corrected chi connectivity index (χ3v) is 2.07. The van der Waals surface area contributed by atoms with Gasteiger partial charge in [0.05, 0.1) is 6.26 Å². The maximum atomic E-state index is 12.6. The highest BCUT2D eigenvalue weighted by Crippen LogP contribution is 2.08. The monoisotopic (exact) mass is 248 g/mol. The van der Waals surface area contributed by atoms with E-state index in [9.17, 15) is 14.0 Å². The Morgan fingerprint density at radius 2 is 1.83 bits per heavy atom. The molecule has 2 rings (SSSR count). The van der Waals surface area contributed by atoms with E-state index in [1.807, 2.05) is 0 Å². The number of hydrogen-bond acceptors (Lipinski definition) is 3. The van der Waals surface area contributed by atoms with Crippen LogP contribution in [0.1, 0.15) is 10.6 Å². The molecule has 3 amide bonds. The Balaban J connectivity index is 1.93. The van der Waals surface area contributed by atoms with Crippen molar-refractivity contribution in [2.24, 2.45) is 0 Å². The van der Waals surface area contributed by atoms with Crippen molar-refractivity contribution in [2.45, 2.75) is 0 Å². The van der Waals surface area contributed by atoms with Crippen molar-refractivity contribution in [3.8, 4) is 0 Å². The standard InChI is InChI=1S/C12H9FN2O3/c13-8-3-5-9(6-4-8)14-12(17)15-11(16)10-2-1-7-18-10/h1-7H,(H2,14,15,16,17). The number of nitrogens with one attached hydrogen (secondary N) is 2. The normalized spacial score (nSPS) is 9.83. The molecule has 0 saturated carbocycles. The van der Waals surface area contributed by atoms with Crippen LogP contribution in [-0.2, 0) is 0 Å². The molecule has 1 heterocycles. The summed E-state index contributed by atoms with van der Waals surface area (Å²) in [6.07, 6.45) is 1.33. The fourth-order valence-electron chi connectivity index (χ4n) is 1.27. The summed E-state index contributed by atoms with van der Waals surface area (Å²) >= 11 is 0. The van der Waals surface area contributed by atoms with Crippen LogP contribution in [0.5, 0.6) is 0 Å². The second kappa shape index (κ2) is 5.13. The molecule has 5 nitrogen and oxygen atoms in total. The van der Waals surface area contributed by atoms with Gasteiger partial charge in [-0.05, 0) is 36.4 Å². The second-order valence-electron chi connectivity index (χ2n) is 3.39. The molecule has 1 aromatic heterocycles. The molecule has 0 aliphatic carbocycles. The molecule has 0 aliphatic heterocycles. The van der Waals surface area contributed by atoms with Crippen LogP contribution >= 0.6 is 0 Å². The molecule has 18 heavy (non-hydrogen) atoms. The van der Waals surface area contributed by atoms with E-state index in [1.54, 1.807) is 0 Å². The minimum absolute atomic E-state index is 0.0317. The highest BCUT2D eigenvalue weighted by atomic mass is 19.1. The van der Waals surface area contributed by atoms with Crippen molar-refractivity contribution >= 4 is 17.6 Å².